The van der Waals surface area contributed by atoms with E-state index in [1.807, 2.05) is 12.1 Å². The Hall–Kier alpha value is -0.620. The van der Waals surface area contributed by atoms with E-state index in [9.17, 15) is 0 Å². The van der Waals surface area contributed by atoms with Crippen molar-refractivity contribution in [1.29, 1.82) is 0 Å². The van der Waals surface area contributed by atoms with Gasteiger partial charge in [-0.2, -0.15) is 0 Å². The van der Waals surface area contributed by atoms with Crippen molar-refractivity contribution < 1.29 is 9.47 Å². The van der Waals surface area contributed by atoms with E-state index in [0.29, 0.717) is 0 Å². The minimum Gasteiger partial charge on any atom is -0.496 e. The lowest BCUT2D eigenvalue weighted by molar-refractivity contribution is -0.150. The molecule has 19 heavy (non-hydrogen) atoms. The van der Waals surface area contributed by atoms with Crippen LogP contribution >= 0.6 is 15.9 Å². The third-order valence-corrected chi connectivity index (χ3v) is 4.56. The largest absolute Gasteiger partial charge is 0.496 e. The number of halogens is 1. The normalized spacial score (nSPS) is 22.8. The molecule has 1 N–H and O–H groups in total. The van der Waals surface area contributed by atoms with Gasteiger partial charge in [0.15, 0.2) is 0 Å². The van der Waals surface area contributed by atoms with Crippen LogP contribution in [0.25, 0.3) is 0 Å². The van der Waals surface area contributed by atoms with Crippen molar-refractivity contribution in [3.05, 3.63) is 28.2 Å². The smallest absolute Gasteiger partial charge is 0.124 e. The Morgan fingerprint density at radius 3 is 2.63 bits per heavy atom. The fourth-order valence-electron chi connectivity index (χ4n) is 2.94. The molecular formula is C14H19BrN2O2. The van der Waals surface area contributed by atoms with Gasteiger partial charge in [0.25, 0.3) is 0 Å². The second-order valence-corrected chi connectivity index (χ2v) is 6.02. The number of hydrogen-bond donors (Lipinski definition) is 1. The molecule has 104 valence electrons. The lowest BCUT2D eigenvalue weighted by Gasteiger charge is -2.51. The van der Waals surface area contributed by atoms with Gasteiger partial charge in [0.1, 0.15) is 5.75 Å². The van der Waals surface area contributed by atoms with Crippen LogP contribution in [-0.4, -0.2) is 51.4 Å². The molecule has 0 aromatic heterocycles. The van der Waals surface area contributed by atoms with E-state index in [4.69, 9.17) is 9.47 Å². The fraction of sp³-hybridized carbons (Fsp3) is 0.571. The highest BCUT2D eigenvalue weighted by molar-refractivity contribution is 9.10. The summed E-state index contributed by atoms with van der Waals surface area (Å²) in [6, 6.07) is 6.22. The molecule has 0 atom stereocenters. The van der Waals surface area contributed by atoms with Crippen LogP contribution in [0, 0.1) is 0 Å². The zero-order valence-electron chi connectivity index (χ0n) is 11.1. The van der Waals surface area contributed by atoms with Gasteiger partial charge >= 0.3 is 0 Å². The van der Waals surface area contributed by atoms with Gasteiger partial charge in [0.05, 0.1) is 25.9 Å². The maximum atomic E-state index is 5.55. The number of benzene rings is 1. The molecule has 2 aliphatic heterocycles. The van der Waals surface area contributed by atoms with Crippen LogP contribution in [0.5, 0.6) is 5.75 Å². The van der Waals surface area contributed by atoms with Crippen molar-refractivity contribution in [1.82, 2.24) is 10.2 Å². The second-order valence-electron chi connectivity index (χ2n) is 5.11. The summed E-state index contributed by atoms with van der Waals surface area (Å²) in [6.45, 7) is 5.69. The second kappa shape index (κ2) is 5.40. The SMILES string of the molecule is COc1ccc(Br)cc1C1(N2CCNCC2)COC1. The van der Waals surface area contributed by atoms with Crippen LogP contribution in [0.4, 0.5) is 0 Å². The first-order valence-corrected chi connectivity index (χ1v) is 7.43. The molecule has 3 rings (SSSR count). The Bertz CT molecular complexity index is 457. The minimum absolute atomic E-state index is 0.0166. The molecule has 2 fully saturated rings. The summed E-state index contributed by atoms with van der Waals surface area (Å²) in [5.74, 6) is 0.949. The highest BCUT2D eigenvalue weighted by Crippen LogP contribution is 2.42. The molecule has 0 saturated carbocycles. The fourth-order valence-corrected chi connectivity index (χ4v) is 3.30. The summed E-state index contributed by atoms with van der Waals surface area (Å²) >= 11 is 3.57. The quantitative estimate of drug-likeness (QED) is 0.914. The number of nitrogens with one attached hydrogen (secondary N) is 1. The lowest BCUT2D eigenvalue weighted by atomic mass is 9.84. The molecule has 0 unspecified atom stereocenters. The summed E-state index contributed by atoms with van der Waals surface area (Å²) in [6.07, 6.45) is 0. The Kier molecular flexibility index (Phi) is 3.80. The maximum absolute atomic E-state index is 5.55. The summed E-state index contributed by atoms with van der Waals surface area (Å²) in [5.41, 5.74) is 1.22. The molecule has 2 heterocycles. The summed E-state index contributed by atoms with van der Waals surface area (Å²) in [7, 11) is 1.73. The van der Waals surface area contributed by atoms with E-state index >= 15 is 0 Å². The van der Waals surface area contributed by atoms with Gasteiger partial charge in [-0.3, -0.25) is 4.90 Å². The monoisotopic (exact) mass is 326 g/mol. The Labute approximate surface area is 122 Å². The summed E-state index contributed by atoms with van der Waals surface area (Å²) in [5, 5.41) is 3.40. The molecule has 0 amide bonds. The van der Waals surface area contributed by atoms with Crippen molar-refractivity contribution >= 4 is 15.9 Å². The molecule has 0 bridgehead atoms. The van der Waals surface area contributed by atoms with Crippen LogP contribution in [0.1, 0.15) is 5.56 Å². The third-order valence-electron chi connectivity index (χ3n) is 4.07. The van der Waals surface area contributed by atoms with Gasteiger partial charge < -0.3 is 14.8 Å². The molecule has 0 aliphatic carbocycles. The van der Waals surface area contributed by atoms with E-state index in [1.54, 1.807) is 7.11 Å². The maximum Gasteiger partial charge on any atom is 0.124 e. The lowest BCUT2D eigenvalue weighted by Crippen LogP contribution is -2.63. The minimum atomic E-state index is -0.0166. The van der Waals surface area contributed by atoms with E-state index < -0.39 is 0 Å². The van der Waals surface area contributed by atoms with Gasteiger partial charge in [-0.05, 0) is 18.2 Å². The molecule has 1 aromatic carbocycles. The number of methoxy groups -OCH3 is 1. The zero-order valence-corrected chi connectivity index (χ0v) is 12.7. The zero-order chi connectivity index (χ0) is 13.3. The summed E-state index contributed by atoms with van der Waals surface area (Å²) < 4.78 is 12.2. The van der Waals surface area contributed by atoms with Gasteiger partial charge in [-0.1, -0.05) is 15.9 Å². The number of hydrogen-bond acceptors (Lipinski definition) is 4. The molecule has 2 saturated heterocycles. The van der Waals surface area contributed by atoms with Crippen molar-refractivity contribution in [3.63, 3.8) is 0 Å². The van der Waals surface area contributed by atoms with Crippen LogP contribution < -0.4 is 10.1 Å². The van der Waals surface area contributed by atoms with Gasteiger partial charge in [-0.15, -0.1) is 0 Å². The van der Waals surface area contributed by atoms with Crippen molar-refractivity contribution in [2.75, 3.05) is 46.5 Å². The van der Waals surface area contributed by atoms with Crippen LogP contribution in [0.3, 0.4) is 0 Å². The first-order chi connectivity index (χ1) is 9.26. The Morgan fingerprint density at radius 1 is 1.32 bits per heavy atom. The molecule has 0 radical (unpaired) electrons. The van der Waals surface area contributed by atoms with E-state index in [-0.39, 0.29) is 5.54 Å². The topological polar surface area (TPSA) is 33.7 Å². The molecular weight excluding hydrogens is 308 g/mol. The number of nitrogens with zero attached hydrogens (tertiary/aromatic N) is 1. The van der Waals surface area contributed by atoms with Crippen molar-refractivity contribution in [2.24, 2.45) is 0 Å². The Balaban J connectivity index is 1.99. The number of ether oxygens (including phenoxy) is 2. The predicted molar refractivity (Wildman–Crippen MR) is 77.6 cm³/mol. The van der Waals surface area contributed by atoms with E-state index in [1.165, 1.54) is 5.56 Å². The van der Waals surface area contributed by atoms with Crippen LogP contribution in [-0.2, 0) is 10.3 Å². The van der Waals surface area contributed by atoms with Gasteiger partial charge in [0, 0.05) is 36.2 Å². The van der Waals surface area contributed by atoms with Crippen molar-refractivity contribution in [3.8, 4) is 5.75 Å². The standard InChI is InChI=1S/C14H19BrN2O2/c1-18-13-3-2-11(15)8-12(13)14(9-19-10-14)17-6-4-16-5-7-17/h2-3,8,16H,4-7,9-10H2,1H3. The number of rotatable bonds is 3. The van der Waals surface area contributed by atoms with E-state index in [0.717, 1.165) is 49.6 Å². The average Bonchev–Trinajstić information content (AvgIpc) is 2.39. The highest BCUT2D eigenvalue weighted by atomic mass is 79.9. The Morgan fingerprint density at radius 2 is 2.05 bits per heavy atom. The predicted octanol–water partition coefficient (Wildman–Crippen LogP) is 1.59. The van der Waals surface area contributed by atoms with E-state index in [2.05, 4.69) is 32.2 Å². The molecule has 4 nitrogen and oxygen atoms in total. The third kappa shape index (κ3) is 2.29. The van der Waals surface area contributed by atoms with Crippen molar-refractivity contribution in [2.45, 2.75) is 5.54 Å². The number of piperazine rings is 1. The molecule has 0 spiro atoms. The van der Waals surface area contributed by atoms with Gasteiger partial charge in [0.2, 0.25) is 0 Å². The highest BCUT2D eigenvalue weighted by Gasteiger charge is 2.47. The van der Waals surface area contributed by atoms with Crippen LogP contribution in [0.2, 0.25) is 0 Å². The first-order valence-electron chi connectivity index (χ1n) is 6.64. The molecule has 2 aliphatic rings. The average molecular weight is 327 g/mol. The van der Waals surface area contributed by atoms with Gasteiger partial charge in [-0.25, -0.2) is 0 Å². The summed E-state index contributed by atoms with van der Waals surface area (Å²) in [4.78, 5) is 2.53. The molecule has 5 heteroatoms. The first kappa shape index (κ1) is 13.4. The molecule has 1 aromatic rings. The van der Waals surface area contributed by atoms with Crippen LogP contribution in [0.15, 0.2) is 22.7 Å².